The van der Waals surface area contributed by atoms with Gasteiger partial charge in [0.05, 0.1) is 19.1 Å². The summed E-state index contributed by atoms with van der Waals surface area (Å²) in [6.45, 7) is 1.76. The molecule has 0 radical (unpaired) electrons. The molecule has 2 aromatic heterocycles. The van der Waals surface area contributed by atoms with Gasteiger partial charge in [-0.2, -0.15) is 0 Å². The second kappa shape index (κ2) is 9.24. The summed E-state index contributed by atoms with van der Waals surface area (Å²) < 4.78 is 10.9. The van der Waals surface area contributed by atoms with Crippen molar-refractivity contribution in [1.82, 2.24) is 14.1 Å². The van der Waals surface area contributed by atoms with Gasteiger partial charge >= 0.3 is 0 Å². The summed E-state index contributed by atoms with van der Waals surface area (Å²) in [7, 11) is 1.68. The summed E-state index contributed by atoms with van der Waals surface area (Å²) in [6.07, 6.45) is 6.64. The number of rotatable bonds is 7. The van der Waals surface area contributed by atoms with Gasteiger partial charge in [-0.15, -0.1) is 11.3 Å². The van der Waals surface area contributed by atoms with E-state index in [1.165, 1.54) is 0 Å². The molecule has 0 saturated carbocycles. The first-order valence-corrected chi connectivity index (χ1v) is 11.0. The van der Waals surface area contributed by atoms with Crippen LogP contribution in [0, 0.1) is 0 Å². The van der Waals surface area contributed by atoms with Crippen molar-refractivity contribution in [3.63, 3.8) is 0 Å². The second-order valence-corrected chi connectivity index (χ2v) is 8.16. The van der Waals surface area contributed by atoms with Crippen LogP contribution in [0.5, 0.6) is 5.75 Å². The highest BCUT2D eigenvalue weighted by Gasteiger charge is 2.11. The van der Waals surface area contributed by atoms with Crippen LogP contribution in [0.3, 0.4) is 0 Å². The summed E-state index contributed by atoms with van der Waals surface area (Å²) in [5.41, 5.74) is 3.15. The molecule has 0 amide bonds. The fraction of sp³-hybridized carbons (Fsp3) is 0.182. The number of methoxy groups -OCH3 is 1. The van der Waals surface area contributed by atoms with Crippen LogP contribution in [0.2, 0.25) is 0 Å². The number of ether oxygens (including phenoxy) is 1. The Balaban J connectivity index is 1.74. The first-order valence-electron chi connectivity index (χ1n) is 9.33. The molecule has 0 saturated heterocycles. The molecule has 0 atom stereocenters. The van der Waals surface area contributed by atoms with Crippen molar-refractivity contribution in [3.8, 4) is 17.0 Å². The molecule has 0 unspecified atom stereocenters. The van der Waals surface area contributed by atoms with Crippen LogP contribution in [0.25, 0.3) is 11.3 Å². The van der Waals surface area contributed by atoms with Crippen molar-refractivity contribution in [3.05, 3.63) is 81.9 Å². The normalized spacial score (nSPS) is 11.7. The third kappa shape index (κ3) is 4.52. The molecule has 0 bridgehead atoms. The zero-order chi connectivity index (χ0) is 20.1. The fourth-order valence-corrected chi connectivity index (χ4v) is 4.60. The fourth-order valence-electron chi connectivity index (χ4n) is 3.18. The zero-order valence-electron chi connectivity index (χ0n) is 16.0. The number of halogens is 1. The minimum absolute atomic E-state index is 0.772. The van der Waals surface area contributed by atoms with Crippen LogP contribution >= 0.6 is 27.3 Å². The molecular weight excluding hydrogens is 448 g/mol. The maximum absolute atomic E-state index is 5.48. The van der Waals surface area contributed by atoms with Crippen molar-refractivity contribution >= 4 is 33.0 Å². The summed E-state index contributed by atoms with van der Waals surface area (Å²) >= 11 is 5.34. The summed E-state index contributed by atoms with van der Waals surface area (Å²) in [5, 5.41) is 2.17. The standard InChI is InChI=1S/C22H21BrN4OS/c1-28-21-10-5-4-9-19(21)25-22-27(13-6-12-26-14-11-24-16-26)20(15-29-22)17-7-2-3-8-18(17)23/h2-5,7-11,14-16H,6,12-13H2,1H3. The zero-order valence-corrected chi connectivity index (χ0v) is 18.4. The Morgan fingerprint density at radius 2 is 1.93 bits per heavy atom. The van der Waals surface area contributed by atoms with E-state index in [-0.39, 0.29) is 0 Å². The van der Waals surface area contributed by atoms with E-state index in [2.05, 4.69) is 53.6 Å². The molecule has 2 heterocycles. The Hall–Kier alpha value is -2.64. The van der Waals surface area contributed by atoms with Crippen molar-refractivity contribution < 1.29 is 4.74 Å². The monoisotopic (exact) mass is 468 g/mol. The van der Waals surface area contributed by atoms with Gasteiger partial charge in [0.15, 0.2) is 4.80 Å². The van der Waals surface area contributed by atoms with E-state index in [0.717, 1.165) is 51.5 Å². The molecule has 2 aromatic carbocycles. The Kier molecular flexibility index (Phi) is 6.27. The van der Waals surface area contributed by atoms with Crippen LogP contribution in [-0.2, 0) is 13.1 Å². The van der Waals surface area contributed by atoms with E-state index < -0.39 is 0 Å². The van der Waals surface area contributed by atoms with Gasteiger partial charge in [-0.05, 0) is 24.6 Å². The molecular formula is C22H21BrN4OS. The Bertz CT molecular complexity index is 1150. The average molecular weight is 469 g/mol. The first kappa shape index (κ1) is 19.7. The van der Waals surface area contributed by atoms with E-state index in [1.807, 2.05) is 49.1 Å². The van der Waals surface area contributed by atoms with Gasteiger partial charge in [0, 0.05) is 40.9 Å². The third-order valence-corrected chi connectivity index (χ3v) is 6.16. The van der Waals surface area contributed by atoms with Gasteiger partial charge < -0.3 is 13.9 Å². The number of hydrogen-bond donors (Lipinski definition) is 0. The lowest BCUT2D eigenvalue weighted by Gasteiger charge is -2.11. The molecule has 148 valence electrons. The van der Waals surface area contributed by atoms with Gasteiger partial charge in [0.2, 0.25) is 0 Å². The lowest BCUT2D eigenvalue weighted by atomic mass is 10.2. The van der Waals surface area contributed by atoms with Crippen LogP contribution in [0.4, 0.5) is 5.69 Å². The largest absolute Gasteiger partial charge is 0.494 e. The molecule has 4 aromatic rings. The van der Waals surface area contributed by atoms with Crippen LogP contribution in [0.1, 0.15) is 6.42 Å². The molecule has 7 heteroatoms. The van der Waals surface area contributed by atoms with Gasteiger partial charge in [-0.25, -0.2) is 9.98 Å². The predicted octanol–water partition coefficient (Wildman–Crippen LogP) is 5.51. The number of aryl methyl sites for hydroxylation is 1. The van der Waals surface area contributed by atoms with Crippen LogP contribution < -0.4 is 9.54 Å². The number of nitrogens with zero attached hydrogens (tertiary/aromatic N) is 4. The number of hydrogen-bond acceptors (Lipinski definition) is 4. The maximum atomic E-state index is 5.48. The molecule has 0 aliphatic rings. The number of imidazole rings is 1. The van der Waals surface area contributed by atoms with Gasteiger partial charge in [0.25, 0.3) is 0 Å². The van der Waals surface area contributed by atoms with Crippen LogP contribution in [0.15, 0.2) is 82.1 Å². The quantitative estimate of drug-likeness (QED) is 0.359. The van der Waals surface area contributed by atoms with E-state index in [1.54, 1.807) is 18.4 Å². The van der Waals surface area contributed by atoms with Crippen molar-refractivity contribution in [2.75, 3.05) is 7.11 Å². The highest BCUT2D eigenvalue weighted by atomic mass is 79.9. The molecule has 0 spiro atoms. The van der Waals surface area contributed by atoms with E-state index in [0.29, 0.717) is 0 Å². The SMILES string of the molecule is COc1ccccc1N=c1scc(-c2ccccc2Br)n1CCCn1ccnc1. The number of thiazole rings is 1. The van der Waals surface area contributed by atoms with E-state index in [4.69, 9.17) is 9.73 Å². The Morgan fingerprint density at radius 3 is 2.72 bits per heavy atom. The summed E-state index contributed by atoms with van der Waals surface area (Å²) in [5.74, 6) is 0.772. The van der Waals surface area contributed by atoms with E-state index >= 15 is 0 Å². The maximum Gasteiger partial charge on any atom is 0.190 e. The van der Waals surface area contributed by atoms with Gasteiger partial charge in [0.1, 0.15) is 11.4 Å². The van der Waals surface area contributed by atoms with Crippen molar-refractivity contribution in [2.45, 2.75) is 19.5 Å². The predicted molar refractivity (Wildman–Crippen MR) is 121 cm³/mol. The Labute approximate surface area is 182 Å². The van der Waals surface area contributed by atoms with Gasteiger partial charge in [-0.3, -0.25) is 0 Å². The Morgan fingerprint density at radius 1 is 1.10 bits per heavy atom. The highest BCUT2D eigenvalue weighted by molar-refractivity contribution is 9.10. The lowest BCUT2D eigenvalue weighted by Crippen LogP contribution is -2.17. The summed E-state index contributed by atoms with van der Waals surface area (Å²) in [6, 6.07) is 16.1. The van der Waals surface area contributed by atoms with Crippen molar-refractivity contribution in [2.24, 2.45) is 4.99 Å². The number of aromatic nitrogens is 3. The smallest absolute Gasteiger partial charge is 0.190 e. The molecule has 0 aliphatic heterocycles. The topological polar surface area (TPSA) is 44.3 Å². The molecule has 0 N–H and O–H groups in total. The first-order chi connectivity index (χ1) is 14.3. The molecule has 29 heavy (non-hydrogen) atoms. The van der Waals surface area contributed by atoms with Crippen LogP contribution in [-0.4, -0.2) is 21.2 Å². The lowest BCUT2D eigenvalue weighted by molar-refractivity contribution is 0.416. The van der Waals surface area contributed by atoms with Crippen molar-refractivity contribution in [1.29, 1.82) is 0 Å². The molecule has 0 fully saturated rings. The third-order valence-electron chi connectivity index (χ3n) is 4.61. The summed E-state index contributed by atoms with van der Waals surface area (Å²) in [4.78, 5) is 10.0. The highest BCUT2D eigenvalue weighted by Crippen LogP contribution is 2.30. The van der Waals surface area contributed by atoms with E-state index in [9.17, 15) is 0 Å². The number of benzene rings is 2. The minimum Gasteiger partial charge on any atom is -0.494 e. The molecule has 5 nitrogen and oxygen atoms in total. The average Bonchev–Trinajstić information content (AvgIpc) is 3.40. The van der Waals surface area contributed by atoms with Gasteiger partial charge in [-0.1, -0.05) is 46.3 Å². The number of para-hydroxylation sites is 2. The molecule has 4 rings (SSSR count). The second-order valence-electron chi connectivity index (χ2n) is 6.47. The minimum atomic E-state index is 0.772. The molecule has 0 aliphatic carbocycles.